The summed E-state index contributed by atoms with van der Waals surface area (Å²) in [7, 11) is 0. The van der Waals surface area contributed by atoms with Gasteiger partial charge in [-0.05, 0) is 25.8 Å². The van der Waals surface area contributed by atoms with E-state index in [4.69, 9.17) is 16.7 Å². The van der Waals surface area contributed by atoms with Gasteiger partial charge in [0.1, 0.15) is 11.4 Å². The first-order chi connectivity index (χ1) is 7.59. The number of carboxylic acids is 1. The quantitative estimate of drug-likeness (QED) is 0.863. The first kappa shape index (κ1) is 11.2. The van der Waals surface area contributed by atoms with Crippen LogP contribution < -0.4 is 4.90 Å². The Kier molecular flexibility index (Phi) is 3.01. The van der Waals surface area contributed by atoms with Gasteiger partial charge in [-0.25, -0.2) is 9.78 Å². The second-order valence-electron chi connectivity index (χ2n) is 4.01. The van der Waals surface area contributed by atoms with E-state index in [0.29, 0.717) is 16.9 Å². The SMILES string of the molecule is C[C@H]1CCCN1c1ncc(Cl)cc1C(=O)O. The molecule has 0 radical (unpaired) electrons. The Morgan fingerprint density at radius 1 is 1.69 bits per heavy atom. The largest absolute Gasteiger partial charge is 0.478 e. The number of halogens is 1. The van der Waals surface area contributed by atoms with Gasteiger partial charge in [0.25, 0.3) is 0 Å². The average molecular weight is 241 g/mol. The molecule has 1 fully saturated rings. The third kappa shape index (κ3) is 1.97. The molecule has 2 heterocycles. The zero-order chi connectivity index (χ0) is 11.7. The van der Waals surface area contributed by atoms with Crippen LogP contribution in [0.25, 0.3) is 0 Å². The molecule has 1 aliphatic heterocycles. The highest BCUT2D eigenvalue weighted by atomic mass is 35.5. The molecule has 0 aromatic carbocycles. The van der Waals surface area contributed by atoms with Crippen molar-refractivity contribution in [3.8, 4) is 0 Å². The molecular weight excluding hydrogens is 228 g/mol. The van der Waals surface area contributed by atoms with Crippen LogP contribution in [0.5, 0.6) is 0 Å². The van der Waals surface area contributed by atoms with Crippen molar-refractivity contribution in [1.82, 2.24) is 4.98 Å². The standard InChI is InChI=1S/C11H13ClN2O2/c1-7-3-2-4-14(7)10-9(11(15)16)5-8(12)6-13-10/h5-7H,2-4H2,1H3,(H,15,16)/t7-/m0/s1. The molecule has 16 heavy (non-hydrogen) atoms. The Morgan fingerprint density at radius 3 is 3.00 bits per heavy atom. The van der Waals surface area contributed by atoms with E-state index in [-0.39, 0.29) is 5.56 Å². The smallest absolute Gasteiger partial charge is 0.339 e. The highest BCUT2D eigenvalue weighted by molar-refractivity contribution is 6.30. The number of carbonyl (C=O) groups is 1. The van der Waals surface area contributed by atoms with Crippen LogP contribution in [0.3, 0.4) is 0 Å². The van der Waals surface area contributed by atoms with Crippen LogP contribution in [0.1, 0.15) is 30.1 Å². The van der Waals surface area contributed by atoms with Crippen molar-refractivity contribution in [1.29, 1.82) is 0 Å². The maximum Gasteiger partial charge on any atom is 0.339 e. The minimum absolute atomic E-state index is 0.182. The van der Waals surface area contributed by atoms with Crippen LogP contribution in [-0.4, -0.2) is 28.6 Å². The van der Waals surface area contributed by atoms with Gasteiger partial charge in [-0.1, -0.05) is 11.6 Å². The molecule has 1 aromatic rings. The van der Waals surface area contributed by atoms with Crippen molar-refractivity contribution < 1.29 is 9.90 Å². The van der Waals surface area contributed by atoms with Crippen LogP contribution in [0, 0.1) is 0 Å². The molecule has 1 saturated heterocycles. The summed E-state index contributed by atoms with van der Waals surface area (Å²) in [5, 5.41) is 9.47. The second kappa shape index (κ2) is 4.29. The Bertz CT molecular complexity index is 422. The Hall–Kier alpha value is -1.29. The van der Waals surface area contributed by atoms with Crippen molar-refractivity contribution in [2.45, 2.75) is 25.8 Å². The first-order valence-electron chi connectivity index (χ1n) is 5.25. The fraction of sp³-hybridized carbons (Fsp3) is 0.455. The van der Waals surface area contributed by atoms with E-state index in [9.17, 15) is 4.79 Å². The zero-order valence-corrected chi connectivity index (χ0v) is 9.74. The van der Waals surface area contributed by atoms with Gasteiger partial charge in [-0.15, -0.1) is 0 Å². The number of carboxylic acid groups (broad SMARTS) is 1. The lowest BCUT2D eigenvalue weighted by atomic mass is 10.2. The highest BCUT2D eigenvalue weighted by Crippen LogP contribution is 2.28. The summed E-state index contributed by atoms with van der Waals surface area (Å²) in [6.07, 6.45) is 3.64. The van der Waals surface area contributed by atoms with Gasteiger partial charge < -0.3 is 10.0 Å². The van der Waals surface area contributed by atoms with Gasteiger partial charge in [0.2, 0.25) is 0 Å². The summed E-state index contributed by atoms with van der Waals surface area (Å²) in [6.45, 7) is 2.94. The maximum absolute atomic E-state index is 11.1. The van der Waals surface area contributed by atoms with Crippen LogP contribution >= 0.6 is 11.6 Å². The lowest BCUT2D eigenvalue weighted by Gasteiger charge is -2.23. The molecular formula is C11H13ClN2O2. The number of rotatable bonds is 2. The molecule has 1 N–H and O–H groups in total. The third-order valence-corrected chi connectivity index (χ3v) is 3.10. The molecule has 1 atom stereocenters. The lowest BCUT2D eigenvalue weighted by molar-refractivity contribution is 0.0697. The average Bonchev–Trinajstić information content (AvgIpc) is 2.64. The fourth-order valence-electron chi connectivity index (χ4n) is 2.07. The molecule has 0 saturated carbocycles. The summed E-state index contributed by atoms with van der Waals surface area (Å²) >= 11 is 5.76. The molecule has 0 unspecified atom stereocenters. The zero-order valence-electron chi connectivity index (χ0n) is 8.98. The molecule has 5 heteroatoms. The minimum atomic E-state index is -0.982. The number of anilines is 1. The van der Waals surface area contributed by atoms with Crippen LogP contribution in [0.4, 0.5) is 5.82 Å². The topological polar surface area (TPSA) is 53.4 Å². The van der Waals surface area contributed by atoms with Crippen molar-refractivity contribution in [3.05, 3.63) is 22.8 Å². The molecule has 0 amide bonds. The van der Waals surface area contributed by atoms with E-state index in [1.807, 2.05) is 4.90 Å². The van der Waals surface area contributed by atoms with E-state index in [2.05, 4.69) is 11.9 Å². The summed E-state index contributed by atoms with van der Waals surface area (Å²) in [5.41, 5.74) is 0.182. The predicted molar refractivity (Wildman–Crippen MR) is 62.2 cm³/mol. The summed E-state index contributed by atoms with van der Waals surface area (Å²) < 4.78 is 0. The molecule has 0 aliphatic carbocycles. The highest BCUT2D eigenvalue weighted by Gasteiger charge is 2.25. The number of aromatic carboxylic acids is 1. The van der Waals surface area contributed by atoms with Crippen molar-refractivity contribution in [2.75, 3.05) is 11.4 Å². The summed E-state index contributed by atoms with van der Waals surface area (Å²) in [4.78, 5) is 17.3. The third-order valence-electron chi connectivity index (χ3n) is 2.89. The molecule has 4 nitrogen and oxygen atoms in total. The van der Waals surface area contributed by atoms with E-state index < -0.39 is 5.97 Å². The van der Waals surface area contributed by atoms with Gasteiger partial charge in [0, 0.05) is 18.8 Å². The number of nitrogens with zero attached hydrogens (tertiary/aromatic N) is 2. The maximum atomic E-state index is 11.1. The summed E-state index contributed by atoms with van der Waals surface area (Å²) in [6, 6.07) is 1.80. The number of hydrogen-bond donors (Lipinski definition) is 1. The van der Waals surface area contributed by atoms with E-state index in [0.717, 1.165) is 19.4 Å². The van der Waals surface area contributed by atoms with Gasteiger partial charge in [0.15, 0.2) is 0 Å². The summed E-state index contributed by atoms with van der Waals surface area (Å²) in [5.74, 6) is -0.453. The van der Waals surface area contributed by atoms with Crippen molar-refractivity contribution >= 4 is 23.4 Å². The normalized spacial score (nSPS) is 20.1. The molecule has 2 rings (SSSR count). The second-order valence-corrected chi connectivity index (χ2v) is 4.45. The monoisotopic (exact) mass is 240 g/mol. The molecule has 0 bridgehead atoms. The first-order valence-corrected chi connectivity index (χ1v) is 5.63. The van der Waals surface area contributed by atoms with Gasteiger partial charge in [0.05, 0.1) is 5.02 Å². The molecule has 1 aliphatic rings. The number of aromatic nitrogens is 1. The number of hydrogen-bond acceptors (Lipinski definition) is 3. The van der Waals surface area contributed by atoms with Crippen LogP contribution in [0.15, 0.2) is 12.3 Å². The Balaban J connectivity index is 2.43. The van der Waals surface area contributed by atoms with E-state index in [1.165, 1.54) is 12.3 Å². The minimum Gasteiger partial charge on any atom is -0.478 e. The van der Waals surface area contributed by atoms with Crippen molar-refractivity contribution in [3.63, 3.8) is 0 Å². The molecule has 1 aromatic heterocycles. The predicted octanol–water partition coefficient (Wildman–Crippen LogP) is 2.42. The van der Waals surface area contributed by atoms with E-state index in [1.54, 1.807) is 0 Å². The van der Waals surface area contributed by atoms with Gasteiger partial charge in [-0.2, -0.15) is 0 Å². The molecule has 0 spiro atoms. The van der Waals surface area contributed by atoms with Gasteiger partial charge in [-0.3, -0.25) is 0 Å². The number of pyridine rings is 1. The molecule has 86 valence electrons. The van der Waals surface area contributed by atoms with Crippen molar-refractivity contribution in [2.24, 2.45) is 0 Å². The Labute approximate surface area is 98.9 Å². The lowest BCUT2D eigenvalue weighted by Crippen LogP contribution is -2.29. The van der Waals surface area contributed by atoms with Crippen LogP contribution in [-0.2, 0) is 0 Å². The van der Waals surface area contributed by atoms with E-state index >= 15 is 0 Å². The van der Waals surface area contributed by atoms with Gasteiger partial charge >= 0.3 is 5.97 Å². The Morgan fingerprint density at radius 2 is 2.44 bits per heavy atom. The van der Waals surface area contributed by atoms with Crippen LogP contribution in [0.2, 0.25) is 5.02 Å². The fourth-order valence-corrected chi connectivity index (χ4v) is 2.22.